The van der Waals surface area contributed by atoms with E-state index in [1.54, 1.807) is 58.9 Å². The van der Waals surface area contributed by atoms with E-state index in [9.17, 15) is 14.4 Å². The standard InChI is InChI=1S/C21H24ClNO5S/c1-11(2)27-20(25)17-13(5)18(21(26)28-12(3)4)29-19(17)23-16(24)10-14-6-8-15(22)9-7-14/h6-9,11-12H,10H2,1-5H3,(H,23,24). The lowest BCUT2D eigenvalue weighted by Crippen LogP contribution is -2.18. The third-order valence-electron chi connectivity index (χ3n) is 3.75. The van der Waals surface area contributed by atoms with E-state index in [0.717, 1.165) is 16.9 Å². The zero-order valence-electron chi connectivity index (χ0n) is 17.0. The van der Waals surface area contributed by atoms with Crippen LogP contribution < -0.4 is 5.32 Å². The molecule has 1 heterocycles. The number of nitrogens with one attached hydrogen (secondary N) is 1. The van der Waals surface area contributed by atoms with Crippen LogP contribution in [0.4, 0.5) is 5.00 Å². The van der Waals surface area contributed by atoms with E-state index < -0.39 is 11.9 Å². The molecular formula is C21H24ClNO5S. The second-order valence-electron chi connectivity index (χ2n) is 7.02. The highest BCUT2D eigenvalue weighted by molar-refractivity contribution is 7.18. The summed E-state index contributed by atoms with van der Waals surface area (Å²) in [5, 5.41) is 3.58. The van der Waals surface area contributed by atoms with E-state index in [2.05, 4.69) is 5.32 Å². The normalized spacial score (nSPS) is 10.9. The second kappa shape index (κ2) is 9.89. The van der Waals surface area contributed by atoms with Crippen molar-refractivity contribution < 1.29 is 23.9 Å². The predicted octanol–water partition coefficient (Wildman–Crippen LogP) is 5.02. The van der Waals surface area contributed by atoms with Gasteiger partial charge in [0.15, 0.2) is 0 Å². The Balaban J connectivity index is 2.32. The van der Waals surface area contributed by atoms with Crippen molar-refractivity contribution in [2.75, 3.05) is 5.32 Å². The van der Waals surface area contributed by atoms with E-state index in [0.29, 0.717) is 10.6 Å². The van der Waals surface area contributed by atoms with Crippen LogP contribution >= 0.6 is 22.9 Å². The maximum atomic E-state index is 12.6. The number of carbonyl (C=O) groups excluding carboxylic acids is 3. The van der Waals surface area contributed by atoms with E-state index in [1.807, 2.05) is 0 Å². The van der Waals surface area contributed by atoms with Crippen LogP contribution in [0.2, 0.25) is 5.02 Å². The SMILES string of the molecule is Cc1c(C(=O)OC(C)C)sc(NC(=O)Cc2ccc(Cl)cc2)c1C(=O)OC(C)C. The fourth-order valence-corrected chi connectivity index (χ4v) is 3.76. The molecular weight excluding hydrogens is 414 g/mol. The van der Waals surface area contributed by atoms with Gasteiger partial charge in [-0.1, -0.05) is 23.7 Å². The topological polar surface area (TPSA) is 81.7 Å². The summed E-state index contributed by atoms with van der Waals surface area (Å²) < 4.78 is 10.5. The van der Waals surface area contributed by atoms with Gasteiger partial charge in [-0.3, -0.25) is 4.79 Å². The van der Waals surface area contributed by atoms with Gasteiger partial charge in [0.05, 0.1) is 24.2 Å². The zero-order valence-corrected chi connectivity index (χ0v) is 18.6. The molecule has 0 spiro atoms. The van der Waals surface area contributed by atoms with Crippen molar-refractivity contribution in [2.24, 2.45) is 0 Å². The first-order valence-corrected chi connectivity index (χ1v) is 10.4. The van der Waals surface area contributed by atoms with Crippen LogP contribution in [0.1, 0.15) is 58.9 Å². The van der Waals surface area contributed by atoms with Crippen LogP contribution in [0, 0.1) is 6.92 Å². The third-order valence-corrected chi connectivity index (χ3v) is 5.19. The molecule has 0 bridgehead atoms. The van der Waals surface area contributed by atoms with Gasteiger partial charge in [-0.2, -0.15) is 0 Å². The Morgan fingerprint density at radius 2 is 1.55 bits per heavy atom. The second-order valence-corrected chi connectivity index (χ2v) is 8.48. The highest BCUT2D eigenvalue weighted by atomic mass is 35.5. The lowest BCUT2D eigenvalue weighted by Gasteiger charge is -2.10. The minimum atomic E-state index is -0.598. The van der Waals surface area contributed by atoms with Gasteiger partial charge >= 0.3 is 11.9 Å². The molecule has 2 aromatic rings. The minimum Gasteiger partial charge on any atom is -0.459 e. The molecule has 1 aromatic carbocycles. The smallest absolute Gasteiger partial charge is 0.348 e. The number of benzene rings is 1. The van der Waals surface area contributed by atoms with Crippen LogP contribution in [0.3, 0.4) is 0 Å². The number of rotatable bonds is 7. The summed E-state index contributed by atoms with van der Waals surface area (Å²) in [5.74, 6) is -1.46. The molecule has 0 unspecified atom stereocenters. The number of halogens is 1. The van der Waals surface area contributed by atoms with Crippen LogP contribution in [0.15, 0.2) is 24.3 Å². The van der Waals surface area contributed by atoms with Crippen molar-refractivity contribution in [1.29, 1.82) is 0 Å². The summed E-state index contributed by atoms with van der Waals surface area (Å²) in [7, 11) is 0. The number of esters is 2. The molecule has 8 heteroatoms. The van der Waals surface area contributed by atoms with Crippen LogP contribution in [-0.2, 0) is 20.7 Å². The maximum Gasteiger partial charge on any atom is 0.348 e. The molecule has 0 saturated heterocycles. The number of anilines is 1. The highest BCUT2D eigenvalue weighted by Gasteiger charge is 2.28. The molecule has 0 aliphatic heterocycles. The zero-order chi connectivity index (χ0) is 21.7. The van der Waals surface area contributed by atoms with Gasteiger partial charge in [-0.05, 0) is 57.9 Å². The Kier molecular flexibility index (Phi) is 7.81. The molecule has 29 heavy (non-hydrogen) atoms. The lowest BCUT2D eigenvalue weighted by molar-refractivity contribution is -0.115. The van der Waals surface area contributed by atoms with Crippen molar-refractivity contribution in [3.63, 3.8) is 0 Å². The predicted molar refractivity (Wildman–Crippen MR) is 114 cm³/mol. The molecule has 1 amide bonds. The largest absolute Gasteiger partial charge is 0.459 e. The summed E-state index contributed by atoms with van der Waals surface area (Å²) in [5.41, 5.74) is 1.36. The first kappa shape index (κ1) is 22.9. The fraction of sp³-hybridized carbons (Fsp3) is 0.381. The quantitative estimate of drug-likeness (QED) is 0.615. The van der Waals surface area contributed by atoms with Gasteiger partial charge in [0.2, 0.25) is 5.91 Å². The molecule has 0 fully saturated rings. The first-order valence-electron chi connectivity index (χ1n) is 9.18. The Labute approximate surface area is 179 Å². The summed E-state index contributed by atoms with van der Waals surface area (Å²) >= 11 is 6.87. The number of ether oxygens (including phenoxy) is 2. The first-order chi connectivity index (χ1) is 13.6. The summed E-state index contributed by atoms with van der Waals surface area (Å²) in [4.78, 5) is 37.8. The van der Waals surface area contributed by atoms with Crippen molar-refractivity contribution in [3.05, 3.63) is 50.9 Å². The number of thiophene rings is 1. The Morgan fingerprint density at radius 1 is 1.00 bits per heavy atom. The third kappa shape index (κ3) is 6.30. The van der Waals surface area contributed by atoms with Crippen LogP contribution in [-0.4, -0.2) is 30.1 Å². The van der Waals surface area contributed by atoms with Gasteiger partial charge in [0.25, 0.3) is 0 Å². The van der Waals surface area contributed by atoms with Crippen molar-refractivity contribution in [2.45, 2.75) is 53.2 Å². The molecule has 1 N–H and O–H groups in total. The molecule has 1 aromatic heterocycles. The Morgan fingerprint density at radius 3 is 2.10 bits per heavy atom. The van der Waals surface area contributed by atoms with Gasteiger partial charge in [-0.15, -0.1) is 11.3 Å². The average molecular weight is 438 g/mol. The van der Waals surface area contributed by atoms with Gasteiger partial charge in [0, 0.05) is 5.02 Å². The number of carbonyl (C=O) groups is 3. The Hall–Kier alpha value is -2.38. The fourth-order valence-electron chi connectivity index (χ4n) is 2.54. The molecule has 2 rings (SSSR count). The molecule has 6 nitrogen and oxygen atoms in total. The highest BCUT2D eigenvalue weighted by Crippen LogP contribution is 2.35. The minimum absolute atomic E-state index is 0.0958. The Bertz CT molecular complexity index is 903. The van der Waals surface area contributed by atoms with Crippen molar-refractivity contribution in [3.8, 4) is 0 Å². The average Bonchev–Trinajstić information content (AvgIpc) is 2.92. The lowest BCUT2D eigenvalue weighted by atomic mass is 10.1. The number of hydrogen-bond acceptors (Lipinski definition) is 6. The van der Waals surface area contributed by atoms with Crippen molar-refractivity contribution in [1.82, 2.24) is 0 Å². The van der Waals surface area contributed by atoms with Crippen LogP contribution in [0.5, 0.6) is 0 Å². The van der Waals surface area contributed by atoms with E-state index in [4.69, 9.17) is 21.1 Å². The van der Waals surface area contributed by atoms with E-state index >= 15 is 0 Å². The summed E-state index contributed by atoms with van der Waals surface area (Å²) in [6.45, 7) is 8.57. The van der Waals surface area contributed by atoms with Gasteiger partial charge in [0.1, 0.15) is 9.88 Å². The summed E-state index contributed by atoms with van der Waals surface area (Å²) in [6, 6.07) is 6.90. The molecule has 0 radical (unpaired) electrons. The number of hydrogen-bond donors (Lipinski definition) is 1. The van der Waals surface area contributed by atoms with Gasteiger partial charge in [-0.25, -0.2) is 9.59 Å². The van der Waals surface area contributed by atoms with E-state index in [1.165, 1.54) is 0 Å². The molecule has 156 valence electrons. The van der Waals surface area contributed by atoms with E-state index in [-0.39, 0.29) is 40.0 Å². The molecule has 0 saturated carbocycles. The van der Waals surface area contributed by atoms with Crippen LogP contribution in [0.25, 0.3) is 0 Å². The molecule has 0 aliphatic carbocycles. The van der Waals surface area contributed by atoms with Gasteiger partial charge < -0.3 is 14.8 Å². The molecule has 0 aliphatic rings. The maximum absolute atomic E-state index is 12.6. The number of amides is 1. The molecule has 0 atom stereocenters. The summed E-state index contributed by atoms with van der Waals surface area (Å²) in [6.07, 6.45) is -0.554. The van der Waals surface area contributed by atoms with Crippen molar-refractivity contribution >= 4 is 45.8 Å². The monoisotopic (exact) mass is 437 g/mol.